The SMILES string of the molecule is CC[C@@H](C)N1C(=O)SC(=Cc2cccs2)C1=O. The minimum atomic E-state index is -0.164. The van der Waals surface area contributed by atoms with E-state index in [9.17, 15) is 9.59 Å². The summed E-state index contributed by atoms with van der Waals surface area (Å²) in [6.45, 7) is 3.86. The van der Waals surface area contributed by atoms with Crippen LogP contribution >= 0.6 is 23.1 Å². The Kier molecular flexibility index (Phi) is 3.69. The highest BCUT2D eigenvalue weighted by Crippen LogP contribution is 2.34. The maximum Gasteiger partial charge on any atom is 0.293 e. The highest BCUT2D eigenvalue weighted by atomic mass is 32.2. The van der Waals surface area contributed by atoms with Crippen molar-refractivity contribution in [1.82, 2.24) is 4.90 Å². The van der Waals surface area contributed by atoms with Gasteiger partial charge in [0.05, 0.1) is 4.91 Å². The average molecular weight is 267 g/mol. The van der Waals surface area contributed by atoms with E-state index in [-0.39, 0.29) is 17.2 Å². The number of hydrogen-bond donors (Lipinski definition) is 0. The number of carbonyl (C=O) groups is 2. The minimum absolute atomic E-state index is 0.0308. The second-order valence-electron chi connectivity index (χ2n) is 3.82. The Bertz CT molecular complexity index is 465. The van der Waals surface area contributed by atoms with Gasteiger partial charge < -0.3 is 0 Å². The van der Waals surface area contributed by atoms with Crippen LogP contribution in [-0.2, 0) is 4.79 Å². The van der Waals surface area contributed by atoms with Crippen molar-refractivity contribution in [2.75, 3.05) is 0 Å². The van der Waals surface area contributed by atoms with Crippen LogP contribution in [0.25, 0.3) is 6.08 Å². The molecule has 5 heteroatoms. The van der Waals surface area contributed by atoms with Crippen LogP contribution in [0.3, 0.4) is 0 Å². The number of thioether (sulfide) groups is 1. The average Bonchev–Trinajstić information content (AvgIpc) is 2.89. The molecule has 0 bridgehead atoms. The van der Waals surface area contributed by atoms with E-state index in [1.807, 2.05) is 31.4 Å². The van der Waals surface area contributed by atoms with Crippen LogP contribution in [0.2, 0.25) is 0 Å². The number of hydrogen-bond acceptors (Lipinski definition) is 4. The summed E-state index contributed by atoms with van der Waals surface area (Å²) in [5.74, 6) is -0.164. The molecule has 17 heavy (non-hydrogen) atoms. The summed E-state index contributed by atoms with van der Waals surface area (Å²) in [5, 5.41) is 1.79. The first-order valence-corrected chi connectivity index (χ1v) is 7.13. The summed E-state index contributed by atoms with van der Waals surface area (Å²) in [6, 6.07) is 3.83. The molecule has 2 rings (SSSR count). The fourth-order valence-corrected chi connectivity index (χ4v) is 3.20. The smallest absolute Gasteiger partial charge is 0.268 e. The Balaban J connectivity index is 2.24. The van der Waals surface area contributed by atoms with Crippen molar-refractivity contribution in [2.24, 2.45) is 0 Å². The monoisotopic (exact) mass is 267 g/mol. The number of rotatable bonds is 3. The lowest BCUT2D eigenvalue weighted by molar-refractivity contribution is -0.124. The molecule has 1 aromatic heterocycles. The van der Waals surface area contributed by atoms with Crippen LogP contribution in [-0.4, -0.2) is 22.1 Å². The molecule has 0 aromatic carbocycles. The number of amides is 2. The van der Waals surface area contributed by atoms with E-state index < -0.39 is 0 Å². The number of thiophene rings is 1. The van der Waals surface area contributed by atoms with E-state index in [0.717, 1.165) is 23.1 Å². The third kappa shape index (κ3) is 2.45. The van der Waals surface area contributed by atoms with Gasteiger partial charge >= 0.3 is 0 Å². The van der Waals surface area contributed by atoms with Crippen LogP contribution in [0.5, 0.6) is 0 Å². The third-order valence-corrected chi connectivity index (χ3v) is 4.37. The highest BCUT2D eigenvalue weighted by Gasteiger charge is 2.37. The van der Waals surface area contributed by atoms with E-state index >= 15 is 0 Å². The van der Waals surface area contributed by atoms with E-state index in [1.54, 1.807) is 17.4 Å². The molecule has 2 heterocycles. The van der Waals surface area contributed by atoms with Gasteiger partial charge in [0.15, 0.2) is 0 Å². The molecule has 3 nitrogen and oxygen atoms in total. The molecular weight excluding hydrogens is 254 g/mol. The zero-order valence-corrected chi connectivity index (χ0v) is 11.3. The topological polar surface area (TPSA) is 37.4 Å². The van der Waals surface area contributed by atoms with Gasteiger partial charge in [-0.15, -0.1) is 11.3 Å². The molecule has 1 atom stereocenters. The number of carbonyl (C=O) groups excluding carboxylic acids is 2. The van der Waals surface area contributed by atoms with Gasteiger partial charge in [0.2, 0.25) is 0 Å². The zero-order chi connectivity index (χ0) is 12.4. The second-order valence-corrected chi connectivity index (χ2v) is 5.80. The quantitative estimate of drug-likeness (QED) is 0.785. The van der Waals surface area contributed by atoms with Crippen molar-refractivity contribution in [1.29, 1.82) is 0 Å². The minimum Gasteiger partial charge on any atom is -0.268 e. The lowest BCUT2D eigenvalue weighted by Gasteiger charge is -2.19. The van der Waals surface area contributed by atoms with Gasteiger partial charge in [0, 0.05) is 10.9 Å². The Morgan fingerprint density at radius 2 is 2.24 bits per heavy atom. The first-order valence-electron chi connectivity index (χ1n) is 5.44. The van der Waals surface area contributed by atoms with Gasteiger partial charge in [0.25, 0.3) is 11.1 Å². The molecule has 1 aliphatic rings. The first-order chi connectivity index (χ1) is 8.13. The predicted octanol–water partition coefficient (Wildman–Crippen LogP) is 3.58. The summed E-state index contributed by atoms with van der Waals surface area (Å²) in [5.41, 5.74) is 0. The van der Waals surface area contributed by atoms with Crippen molar-refractivity contribution in [3.63, 3.8) is 0 Å². The van der Waals surface area contributed by atoms with Gasteiger partial charge in [-0.05, 0) is 42.6 Å². The molecule has 90 valence electrons. The van der Waals surface area contributed by atoms with Crippen LogP contribution in [0.15, 0.2) is 22.4 Å². The highest BCUT2D eigenvalue weighted by molar-refractivity contribution is 8.18. The number of imide groups is 1. The van der Waals surface area contributed by atoms with Crippen LogP contribution in [0.1, 0.15) is 25.1 Å². The molecule has 2 amide bonds. The standard InChI is InChI=1S/C12H13NO2S2/c1-3-8(2)13-11(14)10(17-12(13)15)7-9-5-4-6-16-9/h4-8H,3H2,1-2H3/t8-/m1/s1. The maximum atomic E-state index is 12.1. The van der Waals surface area contributed by atoms with Crippen LogP contribution < -0.4 is 0 Å². The fraction of sp³-hybridized carbons (Fsp3) is 0.333. The Morgan fingerprint density at radius 1 is 1.47 bits per heavy atom. The lowest BCUT2D eigenvalue weighted by Crippen LogP contribution is -2.36. The van der Waals surface area contributed by atoms with Crippen LogP contribution in [0, 0.1) is 0 Å². The summed E-state index contributed by atoms with van der Waals surface area (Å²) >= 11 is 2.59. The molecule has 1 saturated heterocycles. The molecule has 0 unspecified atom stereocenters. The number of nitrogens with zero attached hydrogens (tertiary/aromatic N) is 1. The fourth-order valence-electron chi connectivity index (χ4n) is 1.55. The molecule has 0 spiro atoms. The normalized spacial score (nSPS) is 20.4. The Morgan fingerprint density at radius 3 is 2.82 bits per heavy atom. The Hall–Kier alpha value is -1.07. The molecule has 0 saturated carbocycles. The van der Waals surface area contributed by atoms with Gasteiger partial charge in [-0.1, -0.05) is 13.0 Å². The molecular formula is C12H13NO2S2. The maximum absolute atomic E-state index is 12.1. The molecule has 0 N–H and O–H groups in total. The molecule has 0 radical (unpaired) electrons. The van der Waals surface area contributed by atoms with Crippen molar-refractivity contribution in [3.8, 4) is 0 Å². The lowest BCUT2D eigenvalue weighted by atomic mass is 10.2. The summed E-state index contributed by atoms with van der Waals surface area (Å²) in [6.07, 6.45) is 2.57. The van der Waals surface area contributed by atoms with E-state index in [2.05, 4.69) is 0 Å². The van der Waals surface area contributed by atoms with Crippen molar-refractivity contribution >= 4 is 40.3 Å². The second kappa shape index (κ2) is 5.06. The van der Waals surface area contributed by atoms with Crippen molar-refractivity contribution < 1.29 is 9.59 Å². The van der Waals surface area contributed by atoms with Gasteiger partial charge in [-0.3, -0.25) is 14.5 Å². The van der Waals surface area contributed by atoms with Crippen molar-refractivity contribution in [2.45, 2.75) is 26.3 Å². The van der Waals surface area contributed by atoms with Gasteiger partial charge in [-0.2, -0.15) is 0 Å². The summed E-state index contributed by atoms with van der Waals surface area (Å²) < 4.78 is 0. The zero-order valence-electron chi connectivity index (χ0n) is 9.67. The Labute approximate surface area is 109 Å². The van der Waals surface area contributed by atoms with Gasteiger partial charge in [0.1, 0.15) is 0 Å². The van der Waals surface area contributed by atoms with E-state index in [4.69, 9.17) is 0 Å². The summed E-state index contributed by atoms with van der Waals surface area (Å²) in [4.78, 5) is 26.7. The van der Waals surface area contributed by atoms with Crippen LogP contribution in [0.4, 0.5) is 4.79 Å². The molecule has 1 aromatic rings. The predicted molar refractivity (Wildman–Crippen MR) is 71.9 cm³/mol. The largest absolute Gasteiger partial charge is 0.293 e. The third-order valence-electron chi connectivity index (χ3n) is 2.67. The molecule has 0 aliphatic carbocycles. The molecule has 1 fully saturated rings. The van der Waals surface area contributed by atoms with E-state index in [1.165, 1.54) is 4.90 Å². The molecule has 1 aliphatic heterocycles. The summed E-state index contributed by atoms with van der Waals surface area (Å²) in [7, 11) is 0. The van der Waals surface area contributed by atoms with Gasteiger partial charge in [-0.25, -0.2) is 0 Å². The van der Waals surface area contributed by atoms with E-state index in [0.29, 0.717) is 4.91 Å². The first kappa shape index (κ1) is 12.4. The van der Waals surface area contributed by atoms with Crippen molar-refractivity contribution in [3.05, 3.63) is 27.3 Å².